The molecule has 19 heavy (non-hydrogen) atoms. The number of rotatable bonds is 5. The molecule has 2 rings (SSSR count). The minimum Gasteiger partial charge on any atom is -0.487 e. The van der Waals surface area contributed by atoms with Crippen LogP contribution in [0.15, 0.2) is 46.9 Å². The lowest BCUT2D eigenvalue weighted by molar-refractivity contribution is -0.105. The number of anilines is 1. The minimum absolute atomic E-state index is 0.384. The van der Waals surface area contributed by atoms with Crippen LogP contribution in [0, 0.1) is 0 Å². The van der Waals surface area contributed by atoms with Crippen molar-refractivity contribution in [3.8, 4) is 5.75 Å². The summed E-state index contributed by atoms with van der Waals surface area (Å²) in [4.78, 5) is 10.5. The van der Waals surface area contributed by atoms with Crippen molar-refractivity contribution < 1.29 is 9.53 Å². The first kappa shape index (κ1) is 13.9. The number of nitrogens with one attached hydrogen (secondary N) is 1. The smallest absolute Gasteiger partial charge is 0.211 e. The van der Waals surface area contributed by atoms with Crippen LogP contribution < -0.4 is 10.1 Å². The van der Waals surface area contributed by atoms with Gasteiger partial charge < -0.3 is 10.1 Å². The van der Waals surface area contributed by atoms with E-state index in [1.165, 1.54) is 0 Å². The molecule has 0 aliphatic carbocycles. The summed E-state index contributed by atoms with van der Waals surface area (Å²) >= 11 is 9.31. The van der Waals surface area contributed by atoms with Crippen molar-refractivity contribution in [1.29, 1.82) is 0 Å². The molecule has 1 N–H and O–H groups in total. The summed E-state index contributed by atoms with van der Waals surface area (Å²) in [6.45, 7) is 0.384. The highest BCUT2D eigenvalue weighted by Crippen LogP contribution is 2.26. The van der Waals surface area contributed by atoms with Gasteiger partial charge in [0.1, 0.15) is 12.4 Å². The number of para-hydroxylation sites is 2. The first-order chi connectivity index (χ1) is 9.20. The zero-order valence-electron chi connectivity index (χ0n) is 9.90. The van der Waals surface area contributed by atoms with E-state index >= 15 is 0 Å². The quantitative estimate of drug-likeness (QED) is 0.826. The highest BCUT2D eigenvalue weighted by Gasteiger charge is 2.05. The molecule has 0 atom stereocenters. The van der Waals surface area contributed by atoms with Crippen molar-refractivity contribution in [3.63, 3.8) is 0 Å². The summed E-state index contributed by atoms with van der Waals surface area (Å²) < 4.78 is 6.59. The van der Waals surface area contributed by atoms with E-state index in [1.807, 2.05) is 24.3 Å². The van der Waals surface area contributed by atoms with E-state index in [0.717, 1.165) is 10.0 Å². The van der Waals surface area contributed by atoms with Crippen LogP contribution in [0.2, 0.25) is 5.02 Å². The average molecular weight is 341 g/mol. The Bertz CT molecular complexity index is 589. The minimum atomic E-state index is 0.384. The maximum absolute atomic E-state index is 10.5. The van der Waals surface area contributed by atoms with Gasteiger partial charge in [0, 0.05) is 15.1 Å². The molecule has 2 aromatic rings. The van der Waals surface area contributed by atoms with Crippen molar-refractivity contribution in [2.45, 2.75) is 6.61 Å². The largest absolute Gasteiger partial charge is 0.487 e. The molecule has 0 saturated heterocycles. The molecular weight excluding hydrogens is 330 g/mol. The second-order valence-electron chi connectivity index (χ2n) is 3.78. The van der Waals surface area contributed by atoms with E-state index in [0.29, 0.717) is 29.5 Å². The fourth-order valence-corrected chi connectivity index (χ4v) is 2.37. The van der Waals surface area contributed by atoms with Crippen LogP contribution in [-0.2, 0) is 11.4 Å². The Labute approximate surface area is 124 Å². The van der Waals surface area contributed by atoms with Crippen LogP contribution in [-0.4, -0.2) is 6.41 Å². The maximum atomic E-state index is 10.5. The number of hydrogen-bond acceptors (Lipinski definition) is 2. The Morgan fingerprint density at radius 1 is 1.26 bits per heavy atom. The molecule has 0 aromatic heterocycles. The van der Waals surface area contributed by atoms with Gasteiger partial charge in [0.05, 0.1) is 5.69 Å². The van der Waals surface area contributed by atoms with Gasteiger partial charge in [0.15, 0.2) is 0 Å². The highest BCUT2D eigenvalue weighted by molar-refractivity contribution is 9.10. The summed E-state index contributed by atoms with van der Waals surface area (Å²) in [5.74, 6) is 0.622. The zero-order chi connectivity index (χ0) is 13.7. The van der Waals surface area contributed by atoms with Crippen molar-refractivity contribution in [2.75, 3.05) is 5.32 Å². The number of hydrogen-bond donors (Lipinski definition) is 1. The molecule has 0 saturated carbocycles. The molecule has 98 valence electrons. The molecule has 0 unspecified atom stereocenters. The lowest BCUT2D eigenvalue weighted by atomic mass is 10.2. The molecular formula is C14H11BrClNO2. The summed E-state index contributed by atoms with van der Waals surface area (Å²) in [6, 6.07) is 12.8. The van der Waals surface area contributed by atoms with Gasteiger partial charge in [-0.25, -0.2) is 0 Å². The van der Waals surface area contributed by atoms with E-state index < -0.39 is 0 Å². The van der Waals surface area contributed by atoms with Crippen LogP contribution in [0.4, 0.5) is 5.69 Å². The average Bonchev–Trinajstić information content (AvgIpc) is 2.40. The zero-order valence-corrected chi connectivity index (χ0v) is 12.2. The Hall–Kier alpha value is -1.52. The number of ether oxygens (including phenoxy) is 1. The number of amides is 1. The molecule has 0 aliphatic heterocycles. The topological polar surface area (TPSA) is 38.3 Å². The Kier molecular flexibility index (Phi) is 4.82. The third-order valence-electron chi connectivity index (χ3n) is 2.50. The molecule has 3 nitrogen and oxygen atoms in total. The van der Waals surface area contributed by atoms with Crippen molar-refractivity contribution in [2.24, 2.45) is 0 Å². The summed E-state index contributed by atoms with van der Waals surface area (Å²) in [5, 5.41) is 3.26. The molecule has 0 radical (unpaired) electrons. The summed E-state index contributed by atoms with van der Waals surface area (Å²) in [5.41, 5.74) is 1.62. The van der Waals surface area contributed by atoms with Gasteiger partial charge in [-0.15, -0.1) is 0 Å². The first-order valence-electron chi connectivity index (χ1n) is 5.56. The summed E-state index contributed by atoms with van der Waals surface area (Å²) in [7, 11) is 0. The van der Waals surface area contributed by atoms with Gasteiger partial charge in [-0.3, -0.25) is 4.79 Å². The van der Waals surface area contributed by atoms with Gasteiger partial charge in [-0.05, 0) is 24.3 Å². The number of benzene rings is 2. The highest BCUT2D eigenvalue weighted by atomic mass is 79.9. The van der Waals surface area contributed by atoms with Crippen LogP contribution in [0.3, 0.4) is 0 Å². The third kappa shape index (κ3) is 3.72. The van der Waals surface area contributed by atoms with Gasteiger partial charge in [0.25, 0.3) is 0 Å². The second-order valence-corrected chi connectivity index (χ2v) is 5.07. The van der Waals surface area contributed by atoms with Gasteiger partial charge >= 0.3 is 0 Å². The van der Waals surface area contributed by atoms with Crippen LogP contribution >= 0.6 is 27.5 Å². The van der Waals surface area contributed by atoms with E-state index in [2.05, 4.69) is 21.2 Å². The normalized spacial score (nSPS) is 10.0. The molecule has 0 heterocycles. The molecule has 0 spiro atoms. The maximum Gasteiger partial charge on any atom is 0.211 e. The standard InChI is InChI=1S/C14H11BrClNO2/c15-12-7-11(16)6-5-10(12)8-19-14-4-2-1-3-13(14)17-9-18/h1-7,9H,8H2,(H,17,18). The fourth-order valence-electron chi connectivity index (χ4n) is 1.57. The first-order valence-corrected chi connectivity index (χ1v) is 6.74. The second kappa shape index (κ2) is 6.59. The monoisotopic (exact) mass is 339 g/mol. The summed E-state index contributed by atoms with van der Waals surface area (Å²) in [6.07, 6.45) is 0.625. The van der Waals surface area contributed by atoms with Crippen molar-refractivity contribution >= 4 is 39.6 Å². The molecule has 0 bridgehead atoms. The number of carbonyl (C=O) groups is 1. The molecule has 2 aromatic carbocycles. The van der Waals surface area contributed by atoms with Crippen LogP contribution in [0.5, 0.6) is 5.75 Å². The molecule has 5 heteroatoms. The van der Waals surface area contributed by atoms with Crippen LogP contribution in [0.1, 0.15) is 5.56 Å². The van der Waals surface area contributed by atoms with Crippen molar-refractivity contribution in [3.05, 3.63) is 57.5 Å². The number of carbonyl (C=O) groups excluding carboxylic acids is 1. The molecule has 1 amide bonds. The predicted molar refractivity (Wildman–Crippen MR) is 79.6 cm³/mol. The molecule has 0 fully saturated rings. The van der Waals surface area contributed by atoms with E-state index in [4.69, 9.17) is 16.3 Å². The predicted octanol–water partition coefficient (Wildman–Crippen LogP) is 4.25. The van der Waals surface area contributed by atoms with Gasteiger partial charge in [-0.1, -0.05) is 45.7 Å². The van der Waals surface area contributed by atoms with E-state index in [9.17, 15) is 4.79 Å². The van der Waals surface area contributed by atoms with Crippen molar-refractivity contribution in [1.82, 2.24) is 0 Å². The van der Waals surface area contributed by atoms with Gasteiger partial charge in [0.2, 0.25) is 6.41 Å². The van der Waals surface area contributed by atoms with Gasteiger partial charge in [-0.2, -0.15) is 0 Å². The van der Waals surface area contributed by atoms with E-state index in [1.54, 1.807) is 18.2 Å². The van der Waals surface area contributed by atoms with E-state index in [-0.39, 0.29) is 0 Å². The fraction of sp³-hybridized carbons (Fsp3) is 0.0714. The SMILES string of the molecule is O=CNc1ccccc1OCc1ccc(Cl)cc1Br. The Morgan fingerprint density at radius 3 is 2.79 bits per heavy atom. The third-order valence-corrected chi connectivity index (χ3v) is 3.47. The molecule has 0 aliphatic rings. The Balaban J connectivity index is 2.12. The van der Waals surface area contributed by atoms with Crippen LogP contribution in [0.25, 0.3) is 0 Å². The lowest BCUT2D eigenvalue weighted by Gasteiger charge is -2.11. The Morgan fingerprint density at radius 2 is 2.05 bits per heavy atom. The number of halogens is 2. The lowest BCUT2D eigenvalue weighted by Crippen LogP contribution is -2.01.